The van der Waals surface area contributed by atoms with Crippen LogP contribution in [0, 0.1) is 5.41 Å². The molecule has 1 spiro atoms. The summed E-state index contributed by atoms with van der Waals surface area (Å²) in [5.41, 5.74) is 2.76. The Balaban J connectivity index is 0.00000210. The molecule has 0 radical (unpaired) electrons. The number of piperidine rings is 1. The van der Waals surface area contributed by atoms with Gasteiger partial charge in [0.2, 0.25) is 0 Å². The van der Waals surface area contributed by atoms with Gasteiger partial charge in [-0.05, 0) is 68.6 Å². The Labute approximate surface area is 172 Å². The summed E-state index contributed by atoms with van der Waals surface area (Å²) in [5.74, 6) is 0.921. The van der Waals surface area contributed by atoms with E-state index in [-0.39, 0.29) is 12.4 Å². The van der Waals surface area contributed by atoms with Crippen LogP contribution >= 0.6 is 24.0 Å². The van der Waals surface area contributed by atoms with Crippen LogP contribution in [0.4, 0.5) is 0 Å². The molecule has 27 heavy (non-hydrogen) atoms. The first-order chi connectivity index (χ1) is 12.7. The molecule has 0 unspecified atom stereocenters. The molecule has 1 N–H and O–H groups in total. The number of hydrogen-bond donors (Lipinski definition) is 1. The Morgan fingerprint density at radius 2 is 2.04 bits per heavy atom. The fourth-order valence-corrected chi connectivity index (χ4v) is 4.42. The zero-order valence-corrected chi connectivity index (χ0v) is 17.1. The van der Waals surface area contributed by atoms with Crippen LogP contribution < -0.4 is 10.1 Å². The average Bonchev–Trinajstić information content (AvgIpc) is 3.04. The maximum atomic E-state index is 6.27. The van der Waals surface area contributed by atoms with E-state index in [0.717, 1.165) is 42.5 Å². The molecule has 146 valence electrons. The first kappa shape index (κ1) is 20.4. The first-order valence-corrected chi connectivity index (χ1v) is 9.84. The van der Waals surface area contributed by atoms with Crippen LogP contribution in [0.15, 0.2) is 42.7 Å². The van der Waals surface area contributed by atoms with Crippen molar-refractivity contribution in [3.05, 3.63) is 58.9 Å². The molecule has 2 aliphatic rings. The third-order valence-corrected chi connectivity index (χ3v) is 5.95. The molecule has 1 aromatic carbocycles. The lowest BCUT2D eigenvalue weighted by atomic mass is 9.78. The van der Waals surface area contributed by atoms with Crippen molar-refractivity contribution in [1.82, 2.24) is 15.2 Å². The second-order valence-electron chi connectivity index (χ2n) is 7.61. The molecule has 1 aromatic heterocycles. The van der Waals surface area contributed by atoms with Crippen LogP contribution in [0.3, 0.4) is 0 Å². The lowest BCUT2D eigenvalue weighted by molar-refractivity contribution is 0.192. The number of pyridine rings is 1. The maximum absolute atomic E-state index is 6.27. The summed E-state index contributed by atoms with van der Waals surface area (Å²) in [6.07, 6.45) is 7.52. The van der Waals surface area contributed by atoms with E-state index in [4.69, 9.17) is 16.3 Å². The van der Waals surface area contributed by atoms with Gasteiger partial charge in [0.25, 0.3) is 0 Å². The van der Waals surface area contributed by atoms with Crippen molar-refractivity contribution >= 4 is 24.0 Å². The van der Waals surface area contributed by atoms with Crippen LogP contribution in [-0.4, -0.2) is 36.1 Å². The lowest BCUT2D eigenvalue weighted by Crippen LogP contribution is -2.38. The summed E-state index contributed by atoms with van der Waals surface area (Å²) < 4.78 is 6.09. The molecule has 2 fully saturated rings. The molecule has 4 nitrogen and oxygen atoms in total. The zero-order chi connectivity index (χ0) is 17.8. The van der Waals surface area contributed by atoms with Gasteiger partial charge in [0, 0.05) is 41.6 Å². The second kappa shape index (κ2) is 9.24. The van der Waals surface area contributed by atoms with Crippen LogP contribution in [0.1, 0.15) is 30.4 Å². The monoisotopic (exact) mass is 407 g/mol. The zero-order valence-electron chi connectivity index (χ0n) is 15.5. The highest BCUT2D eigenvalue weighted by Crippen LogP contribution is 2.39. The van der Waals surface area contributed by atoms with Crippen LogP contribution in [0.5, 0.6) is 5.75 Å². The Kier molecular flexibility index (Phi) is 6.99. The molecule has 0 amide bonds. The van der Waals surface area contributed by atoms with Gasteiger partial charge in [0.1, 0.15) is 12.4 Å². The largest absolute Gasteiger partial charge is 0.489 e. The van der Waals surface area contributed by atoms with Crippen molar-refractivity contribution in [3.8, 4) is 5.75 Å². The highest BCUT2D eigenvalue weighted by Gasteiger charge is 2.38. The van der Waals surface area contributed by atoms with Crippen molar-refractivity contribution in [1.29, 1.82) is 0 Å². The summed E-state index contributed by atoms with van der Waals surface area (Å²) in [6, 6.07) is 9.91. The maximum Gasteiger partial charge on any atom is 0.124 e. The van der Waals surface area contributed by atoms with Gasteiger partial charge in [-0.15, -0.1) is 12.4 Å². The van der Waals surface area contributed by atoms with Gasteiger partial charge in [-0.3, -0.25) is 9.88 Å². The molecule has 3 heterocycles. The first-order valence-electron chi connectivity index (χ1n) is 9.46. The van der Waals surface area contributed by atoms with E-state index in [1.807, 2.05) is 36.5 Å². The van der Waals surface area contributed by atoms with Crippen LogP contribution in [0.2, 0.25) is 5.02 Å². The van der Waals surface area contributed by atoms with Crippen LogP contribution in [-0.2, 0) is 13.2 Å². The minimum atomic E-state index is 0. The predicted molar refractivity (Wildman–Crippen MR) is 112 cm³/mol. The summed E-state index contributed by atoms with van der Waals surface area (Å²) >= 11 is 6.27. The van der Waals surface area contributed by atoms with E-state index in [9.17, 15) is 0 Å². The number of benzene rings is 1. The number of nitrogens with one attached hydrogen (secondary N) is 1. The Morgan fingerprint density at radius 3 is 2.81 bits per heavy atom. The average molecular weight is 408 g/mol. The number of aromatic nitrogens is 1. The number of halogens is 2. The summed E-state index contributed by atoms with van der Waals surface area (Å²) in [4.78, 5) is 6.71. The van der Waals surface area contributed by atoms with E-state index in [2.05, 4.69) is 15.2 Å². The predicted octanol–water partition coefficient (Wildman–Crippen LogP) is 4.31. The van der Waals surface area contributed by atoms with Gasteiger partial charge in [-0.25, -0.2) is 0 Å². The van der Waals surface area contributed by atoms with Gasteiger partial charge in [-0.2, -0.15) is 0 Å². The minimum absolute atomic E-state index is 0. The second-order valence-corrected chi connectivity index (χ2v) is 8.05. The summed E-state index contributed by atoms with van der Waals surface area (Å²) in [5, 5.41) is 4.26. The fourth-order valence-electron chi connectivity index (χ4n) is 4.23. The molecular formula is C21H27Cl2N3O. The standard InChI is InChI=1S/C21H26ClN3O.ClH/c22-19-3-4-20(26-15-17-2-1-8-24-13-17)18(12-19)14-25-11-7-21(16-25)5-9-23-10-6-21;/h1-4,8,12-13,23H,5-7,9-11,14-16H2;1H. The van der Waals surface area contributed by atoms with E-state index >= 15 is 0 Å². The highest BCUT2D eigenvalue weighted by molar-refractivity contribution is 6.30. The number of likely N-dealkylation sites (tertiary alicyclic amines) is 1. The van der Waals surface area contributed by atoms with E-state index in [1.165, 1.54) is 31.4 Å². The molecule has 0 saturated carbocycles. The number of nitrogens with zero attached hydrogens (tertiary/aromatic N) is 2. The van der Waals surface area contributed by atoms with Gasteiger partial charge >= 0.3 is 0 Å². The minimum Gasteiger partial charge on any atom is -0.489 e. The highest BCUT2D eigenvalue weighted by atomic mass is 35.5. The third-order valence-electron chi connectivity index (χ3n) is 5.72. The molecule has 4 rings (SSSR count). The van der Waals surface area contributed by atoms with Crippen molar-refractivity contribution in [2.75, 3.05) is 26.2 Å². The molecule has 0 atom stereocenters. The summed E-state index contributed by atoms with van der Waals surface area (Å²) in [7, 11) is 0. The molecule has 2 saturated heterocycles. The Morgan fingerprint density at radius 1 is 1.19 bits per heavy atom. The smallest absolute Gasteiger partial charge is 0.124 e. The molecule has 0 aliphatic carbocycles. The third kappa shape index (κ3) is 5.14. The van der Waals surface area contributed by atoms with Gasteiger partial charge in [0.15, 0.2) is 0 Å². The molecular weight excluding hydrogens is 381 g/mol. The Hall–Kier alpha value is -1.33. The van der Waals surface area contributed by atoms with Gasteiger partial charge in [0.05, 0.1) is 0 Å². The van der Waals surface area contributed by atoms with Crippen molar-refractivity contribution in [3.63, 3.8) is 0 Å². The van der Waals surface area contributed by atoms with Crippen molar-refractivity contribution < 1.29 is 4.74 Å². The molecule has 2 aromatic rings. The van der Waals surface area contributed by atoms with Gasteiger partial charge in [-0.1, -0.05) is 17.7 Å². The van der Waals surface area contributed by atoms with Crippen molar-refractivity contribution in [2.24, 2.45) is 5.41 Å². The fraction of sp³-hybridized carbons (Fsp3) is 0.476. The lowest BCUT2D eigenvalue weighted by Gasteiger charge is -2.34. The van der Waals surface area contributed by atoms with Gasteiger partial charge < -0.3 is 10.1 Å². The summed E-state index contributed by atoms with van der Waals surface area (Å²) in [6.45, 7) is 6.09. The normalized spacial score (nSPS) is 19.0. The van der Waals surface area contributed by atoms with E-state index in [1.54, 1.807) is 6.20 Å². The number of rotatable bonds is 5. The molecule has 6 heteroatoms. The van der Waals surface area contributed by atoms with Crippen LogP contribution in [0.25, 0.3) is 0 Å². The van der Waals surface area contributed by atoms with Crippen molar-refractivity contribution in [2.45, 2.75) is 32.4 Å². The van der Waals surface area contributed by atoms with E-state index < -0.39 is 0 Å². The Bertz CT molecular complexity index is 735. The number of ether oxygens (including phenoxy) is 1. The topological polar surface area (TPSA) is 37.4 Å². The quantitative estimate of drug-likeness (QED) is 0.800. The molecule has 2 aliphatic heterocycles. The molecule has 0 bridgehead atoms. The number of hydrogen-bond acceptors (Lipinski definition) is 4. The SMILES string of the molecule is Cl.Clc1ccc(OCc2cccnc2)c(CN2CCC3(CCNCC3)C2)c1. The van der Waals surface area contributed by atoms with E-state index in [0.29, 0.717) is 12.0 Å².